The number of aliphatic hydroxyl groups is 1. The highest BCUT2D eigenvalue weighted by Gasteiger charge is 2.31. The van der Waals surface area contributed by atoms with Crippen LogP contribution >= 0.6 is 11.6 Å². The van der Waals surface area contributed by atoms with E-state index >= 15 is 0 Å². The van der Waals surface area contributed by atoms with Gasteiger partial charge in [0.05, 0.1) is 12.1 Å². The zero-order valence-electron chi connectivity index (χ0n) is 11.3. The monoisotopic (exact) mass is 299 g/mol. The molecular formula is C17H14ClNO2. The van der Waals surface area contributed by atoms with Crippen LogP contribution in [0.15, 0.2) is 60.4 Å². The molecule has 0 atom stereocenters. The van der Waals surface area contributed by atoms with Gasteiger partial charge >= 0.3 is 0 Å². The van der Waals surface area contributed by atoms with E-state index in [0.717, 1.165) is 5.56 Å². The van der Waals surface area contributed by atoms with Crippen molar-refractivity contribution >= 4 is 23.1 Å². The molecule has 0 fully saturated rings. The van der Waals surface area contributed by atoms with Gasteiger partial charge in [-0.05, 0) is 23.3 Å². The molecule has 3 rings (SSSR count). The van der Waals surface area contributed by atoms with Gasteiger partial charge in [-0.3, -0.25) is 4.79 Å². The van der Waals surface area contributed by atoms with E-state index in [9.17, 15) is 9.90 Å². The van der Waals surface area contributed by atoms with E-state index in [0.29, 0.717) is 22.7 Å². The molecule has 1 N–H and O–H groups in total. The number of benzene rings is 2. The summed E-state index contributed by atoms with van der Waals surface area (Å²) in [6.07, 6.45) is 0. The van der Waals surface area contributed by atoms with Crippen LogP contribution in [0.2, 0.25) is 5.02 Å². The summed E-state index contributed by atoms with van der Waals surface area (Å²) in [5, 5.41) is 10.7. The Balaban J connectivity index is 1.82. The minimum atomic E-state index is -0.154. The summed E-state index contributed by atoms with van der Waals surface area (Å²) in [5.41, 5.74) is 2.09. The zero-order chi connectivity index (χ0) is 14.8. The lowest BCUT2D eigenvalue weighted by molar-refractivity contribution is -0.124. The van der Waals surface area contributed by atoms with Gasteiger partial charge in [-0.1, -0.05) is 54.1 Å². The second-order valence-corrected chi connectivity index (χ2v) is 5.41. The number of carbonyl (C=O) groups is 1. The van der Waals surface area contributed by atoms with E-state index < -0.39 is 0 Å². The summed E-state index contributed by atoms with van der Waals surface area (Å²) in [7, 11) is 0. The van der Waals surface area contributed by atoms with Crippen LogP contribution in [0.4, 0.5) is 0 Å². The first kappa shape index (κ1) is 13.7. The largest absolute Gasteiger partial charge is 0.510 e. The Morgan fingerprint density at radius 3 is 2.38 bits per heavy atom. The maximum atomic E-state index is 12.5. The Hall–Kier alpha value is -2.26. The van der Waals surface area contributed by atoms with Gasteiger partial charge in [-0.25, -0.2) is 0 Å². The van der Waals surface area contributed by atoms with E-state index in [4.69, 9.17) is 11.6 Å². The molecule has 2 aromatic rings. The van der Waals surface area contributed by atoms with Crippen molar-refractivity contribution in [1.29, 1.82) is 0 Å². The molecule has 2 aromatic carbocycles. The topological polar surface area (TPSA) is 40.5 Å². The molecule has 0 radical (unpaired) electrons. The molecule has 0 saturated carbocycles. The molecule has 1 heterocycles. The van der Waals surface area contributed by atoms with Gasteiger partial charge in [0.2, 0.25) is 0 Å². The number of nitrogens with zero attached hydrogens (tertiary/aromatic N) is 1. The number of carbonyl (C=O) groups excluding carboxylic acids is 1. The summed E-state index contributed by atoms with van der Waals surface area (Å²) in [5.74, 6) is -0.0445. The van der Waals surface area contributed by atoms with Gasteiger partial charge in [-0.2, -0.15) is 0 Å². The summed E-state index contributed by atoms with van der Waals surface area (Å²) in [6, 6.07) is 16.6. The molecule has 1 aliphatic rings. The van der Waals surface area contributed by atoms with Crippen molar-refractivity contribution in [3.05, 3.63) is 76.5 Å². The van der Waals surface area contributed by atoms with E-state index in [2.05, 4.69) is 0 Å². The molecular weight excluding hydrogens is 286 g/mol. The van der Waals surface area contributed by atoms with E-state index in [1.807, 2.05) is 30.3 Å². The zero-order valence-corrected chi connectivity index (χ0v) is 12.0. The Labute approximate surface area is 128 Å². The van der Waals surface area contributed by atoms with Gasteiger partial charge in [0, 0.05) is 11.6 Å². The predicted molar refractivity (Wildman–Crippen MR) is 82.9 cm³/mol. The fourth-order valence-electron chi connectivity index (χ4n) is 2.45. The first-order chi connectivity index (χ1) is 10.1. The Kier molecular flexibility index (Phi) is 3.67. The number of amides is 1. The van der Waals surface area contributed by atoms with Crippen molar-refractivity contribution in [2.24, 2.45) is 0 Å². The van der Waals surface area contributed by atoms with Crippen LogP contribution < -0.4 is 0 Å². The molecule has 0 spiro atoms. The second-order valence-electron chi connectivity index (χ2n) is 4.98. The van der Waals surface area contributed by atoms with Crippen LogP contribution in [0.25, 0.3) is 5.57 Å². The number of hydrogen-bond acceptors (Lipinski definition) is 2. The van der Waals surface area contributed by atoms with Crippen LogP contribution in [0.5, 0.6) is 0 Å². The van der Waals surface area contributed by atoms with Gasteiger partial charge in [0.25, 0.3) is 5.91 Å². The molecule has 0 bridgehead atoms. The van der Waals surface area contributed by atoms with Crippen LogP contribution in [-0.4, -0.2) is 22.5 Å². The lowest BCUT2D eigenvalue weighted by Gasteiger charge is -2.16. The number of hydrogen-bond donors (Lipinski definition) is 1. The lowest BCUT2D eigenvalue weighted by Crippen LogP contribution is -2.26. The van der Waals surface area contributed by atoms with Crippen molar-refractivity contribution < 1.29 is 9.90 Å². The first-order valence-corrected chi connectivity index (χ1v) is 7.04. The predicted octanol–water partition coefficient (Wildman–Crippen LogP) is 3.65. The van der Waals surface area contributed by atoms with Gasteiger partial charge in [0.15, 0.2) is 0 Å². The molecule has 1 amide bonds. The maximum absolute atomic E-state index is 12.5. The number of aliphatic hydroxyl groups excluding tert-OH is 1. The molecule has 0 aliphatic carbocycles. The molecule has 3 nitrogen and oxygen atoms in total. The molecule has 1 aliphatic heterocycles. The van der Waals surface area contributed by atoms with Crippen molar-refractivity contribution in [3.8, 4) is 0 Å². The summed E-state index contributed by atoms with van der Waals surface area (Å²) in [6.45, 7) is 0.729. The van der Waals surface area contributed by atoms with Gasteiger partial charge < -0.3 is 10.0 Å². The van der Waals surface area contributed by atoms with E-state index in [-0.39, 0.29) is 18.2 Å². The summed E-state index contributed by atoms with van der Waals surface area (Å²) < 4.78 is 0. The third-order valence-corrected chi connectivity index (χ3v) is 3.73. The fourth-order valence-corrected chi connectivity index (χ4v) is 2.58. The van der Waals surface area contributed by atoms with Crippen LogP contribution in [0.3, 0.4) is 0 Å². The average Bonchev–Trinajstić information content (AvgIpc) is 2.76. The summed E-state index contributed by atoms with van der Waals surface area (Å²) >= 11 is 5.85. The minimum Gasteiger partial charge on any atom is -0.510 e. The molecule has 106 valence electrons. The lowest BCUT2D eigenvalue weighted by atomic mass is 10.1. The molecule has 0 saturated heterocycles. The first-order valence-electron chi connectivity index (χ1n) is 6.66. The minimum absolute atomic E-state index is 0.109. The third kappa shape index (κ3) is 2.78. The molecule has 21 heavy (non-hydrogen) atoms. The standard InChI is InChI=1S/C17H14ClNO2/c18-14-8-6-13(7-9-14)16-15(20)11-19(17(16)21)10-12-4-2-1-3-5-12/h1-9,20H,10-11H2. The van der Waals surface area contributed by atoms with E-state index in [1.54, 1.807) is 29.2 Å². The van der Waals surface area contributed by atoms with Crippen molar-refractivity contribution in [2.75, 3.05) is 6.54 Å². The second kappa shape index (κ2) is 5.62. The van der Waals surface area contributed by atoms with Gasteiger partial charge in [0.1, 0.15) is 5.76 Å². The molecule has 4 heteroatoms. The van der Waals surface area contributed by atoms with Crippen molar-refractivity contribution in [2.45, 2.75) is 6.54 Å². The number of halogens is 1. The van der Waals surface area contributed by atoms with Gasteiger partial charge in [-0.15, -0.1) is 0 Å². The smallest absolute Gasteiger partial charge is 0.258 e. The van der Waals surface area contributed by atoms with Crippen LogP contribution in [-0.2, 0) is 11.3 Å². The average molecular weight is 300 g/mol. The highest BCUT2D eigenvalue weighted by atomic mass is 35.5. The van der Waals surface area contributed by atoms with Crippen LogP contribution in [0.1, 0.15) is 11.1 Å². The number of rotatable bonds is 3. The van der Waals surface area contributed by atoms with Crippen molar-refractivity contribution in [1.82, 2.24) is 4.90 Å². The third-order valence-electron chi connectivity index (χ3n) is 3.48. The van der Waals surface area contributed by atoms with Crippen molar-refractivity contribution in [3.63, 3.8) is 0 Å². The van der Waals surface area contributed by atoms with E-state index in [1.165, 1.54) is 0 Å². The Bertz CT molecular complexity index is 692. The Morgan fingerprint density at radius 1 is 1.05 bits per heavy atom. The maximum Gasteiger partial charge on any atom is 0.258 e. The Morgan fingerprint density at radius 2 is 1.71 bits per heavy atom. The molecule has 0 aromatic heterocycles. The normalized spacial score (nSPS) is 14.9. The SMILES string of the molecule is O=C1C(c2ccc(Cl)cc2)=C(O)CN1Cc1ccccc1. The quantitative estimate of drug-likeness (QED) is 0.940. The fraction of sp³-hybridized carbons (Fsp3) is 0.118. The highest BCUT2D eigenvalue weighted by molar-refractivity contribution is 6.30. The summed E-state index contributed by atoms with van der Waals surface area (Å²) in [4.78, 5) is 14.1. The molecule has 0 unspecified atom stereocenters. The van der Waals surface area contributed by atoms with Crippen LogP contribution in [0, 0.1) is 0 Å². The highest BCUT2D eigenvalue weighted by Crippen LogP contribution is 2.28.